The monoisotopic (exact) mass is 579 g/mol. The molecule has 1 amide bonds. The minimum absolute atomic E-state index is 0.0145. The number of carboxylic acids is 1. The Morgan fingerprint density at radius 1 is 0.976 bits per heavy atom. The third-order valence-electron chi connectivity index (χ3n) is 6.95. The predicted molar refractivity (Wildman–Crippen MR) is 161 cm³/mol. The molecule has 0 aliphatic rings. The molecule has 0 spiro atoms. The van der Waals surface area contributed by atoms with E-state index in [1.807, 2.05) is 24.3 Å². The molecule has 4 aromatic rings. The Hall–Kier alpha value is -4.41. The minimum atomic E-state index is -1.06. The maximum absolute atomic E-state index is 13.1. The molecule has 3 aromatic carbocycles. The fourth-order valence-corrected chi connectivity index (χ4v) is 4.51. The van der Waals surface area contributed by atoms with Gasteiger partial charge in [0.15, 0.2) is 11.5 Å². The highest BCUT2D eigenvalue weighted by molar-refractivity contribution is 6.05. The van der Waals surface area contributed by atoms with Gasteiger partial charge in [0, 0.05) is 42.0 Å². The average molecular weight is 580 g/mol. The van der Waals surface area contributed by atoms with Gasteiger partial charge >= 0.3 is 5.97 Å². The molecule has 9 nitrogen and oxygen atoms in total. The molecule has 4 rings (SSSR count). The van der Waals surface area contributed by atoms with Crippen molar-refractivity contribution in [3.05, 3.63) is 89.4 Å². The number of nitrogens with two attached hydrogens (primary N) is 1. The van der Waals surface area contributed by atoms with Gasteiger partial charge in [-0.15, -0.1) is 0 Å². The molecular weight excluding hydrogens is 541 g/mol. The van der Waals surface area contributed by atoms with Crippen LogP contribution in [0.2, 0.25) is 0 Å². The number of fused-ring (bicyclic) bond motifs is 1. The van der Waals surface area contributed by atoms with Crippen molar-refractivity contribution in [2.75, 3.05) is 39.8 Å². The first-order chi connectivity index (χ1) is 20.0. The van der Waals surface area contributed by atoms with E-state index in [-0.39, 0.29) is 16.9 Å². The SMILES string of the molecule is COCCn1cc(C(=O)O)c2cc(F)ccc21.COc1ccc(C(=O)Nc2ccc(C(C)(C)CCN)cc2)cc1OC. The molecule has 0 unspecified atom stereocenters. The number of nitrogens with one attached hydrogen (secondary N) is 1. The summed E-state index contributed by atoms with van der Waals surface area (Å²) in [6.45, 7) is 5.98. The van der Waals surface area contributed by atoms with Crippen LogP contribution in [0.3, 0.4) is 0 Å². The largest absolute Gasteiger partial charge is 0.493 e. The average Bonchev–Trinajstić information content (AvgIpc) is 3.34. The molecule has 0 aliphatic carbocycles. The molecule has 0 saturated carbocycles. The Morgan fingerprint density at radius 2 is 1.67 bits per heavy atom. The number of carboxylic acid groups (broad SMARTS) is 1. The van der Waals surface area contributed by atoms with Crippen molar-refractivity contribution in [1.82, 2.24) is 4.57 Å². The van der Waals surface area contributed by atoms with Gasteiger partial charge in [0.25, 0.3) is 5.91 Å². The zero-order valence-electron chi connectivity index (χ0n) is 24.6. The lowest BCUT2D eigenvalue weighted by Gasteiger charge is -2.24. The number of methoxy groups -OCH3 is 3. The van der Waals surface area contributed by atoms with E-state index in [9.17, 15) is 14.0 Å². The summed E-state index contributed by atoms with van der Waals surface area (Å²) in [6, 6.07) is 17.1. The molecule has 0 aliphatic heterocycles. The summed E-state index contributed by atoms with van der Waals surface area (Å²) in [4.78, 5) is 23.5. The number of hydrogen-bond acceptors (Lipinski definition) is 6. The molecule has 0 atom stereocenters. The number of halogens is 1. The van der Waals surface area contributed by atoms with E-state index < -0.39 is 11.8 Å². The molecule has 224 valence electrons. The molecule has 4 N–H and O–H groups in total. The first-order valence-corrected chi connectivity index (χ1v) is 13.4. The van der Waals surface area contributed by atoms with Crippen LogP contribution in [0.25, 0.3) is 10.9 Å². The summed E-state index contributed by atoms with van der Waals surface area (Å²) >= 11 is 0. The molecule has 1 aromatic heterocycles. The molecule has 0 saturated heterocycles. The van der Waals surface area contributed by atoms with Crippen LogP contribution in [0.5, 0.6) is 11.5 Å². The lowest BCUT2D eigenvalue weighted by molar-refractivity contribution is 0.0698. The first-order valence-electron chi connectivity index (χ1n) is 13.4. The summed E-state index contributed by atoms with van der Waals surface area (Å²) in [5.41, 5.74) is 8.94. The predicted octanol–water partition coefficient (Wildman–Crippen LogP) is 5.71. The maximum Gasteiger partial charge on any atom is 0.337 e. The van der Waals surface area contributed by atoms with Crippen molar-refractivity contribution in [1.29, 1.82) is 0 Å². The maximum atomic E-state index is 13.1. The zero-order chi connectivity index (χ0) is 30.9. The Balaban J connectivity index is 0.000000247. The fourth-order valence-electron chi connectivity index (χ4n) is 4.51. The van der Waals surface area contributed by atoms with E-state index in [2.05, 4.69) is 19.2 Å². The second kappa shape index (κ2) is 14.5. The molecule has 0 bridgehead atoms. The van der Waals surface area contributed by atoms with Gasteiger partial charge in [-0.25, -0.2) is 9.18 Å². The minimum Gasteiger partial charge on any atom is -0.493 e. The van der Waals surface area contributed by atoms with E-state index in [1.54, 1.807) is 50.2 Å². The number of carbonyl (C=O) groups excluding carboxylic acids is 1. The molecule has 1 heterocycles. The van der Waals surface area contributed by atoms with Crippen molar-refractivity contribution >= 4 is 28.5 Å². The zero-order valence-corrected chi connectivity index (χ0v) is 24.6. The second-order valence-electron chi connectivity index (χ2n) is 10.2. The standard InChI is InChI=1S/C20H26N2O3.C12H12FNO3/c1-20(2,11-12-21)15-6-8-16(9-7-15)22-19(23)14-5-10-17(24-3)18(13-14)25-4;1-17-5-4-14-7-10(12(15)16)9-6-8(13)2-3-11(9)14/h5-10,13H,11-12,21H2,1-4H3,(H,22,23);2-3,6-7H,4-5H2,1H3,(H,15,16). The Kier molecular flexibility index (Phi) is 11.1. The molecule has 10 heteroatoms. The van der Waals surface area contributed by atoms with Crippen LogP contribution < -0.4 is 20.5 Å². The molecule has 0 fully saturated rings. The number of benzene rings is 3. The summed E-state index contributed by atoms with van der Waals surface area (Å²) in [5.74, 6) is -0.587. The smallest absolute Gasteiger partial charge is 0.337 e. The van der Waals surface area contributed by atoms with Gasteiger partial charge < -0.3 is 34.9 Å². The number of anilines is 1. The highest BCUT2D eigenvalue weighted by atomic mass is 19.1. The van der Waals surface area contributed by atoms with Crippen LogP contribution in [0, 0.1) is 5.82 Å². The highest BCUT2D eigenvalue weighted by Gasteiger charge is 2.19. The van der Waals surface area contributed by atoms with Crippen LogP contribution in [-0.4, -0.2) is 56.0 Å². The van der Waals surface area contributed by atoms with Crippen molar-refractivity contribution in [3.8, 4) is 11.5 Å². The van der Waals surface area contributed by atoms with Gasteiger partial charge in [-0.1, -0.05) is 26.0 Å². The van der Waals surface area contributed by atoms with Gasteiger partial charge in [0.05, 0.1) is 26.4 Å². The fraction of sp³-hybridized carbons (Fsp3) is 0.312. The highest BCUT2D eigenvalue weighted by Crippen LogP contribution is 2.29. The lowest BCUT2D eigenvalue weighted by Crippen LogP contribution is -2.21. The summed E-state index contributed by atoms with van der Waals surface area (Å²) < 4.78 is 30.2. The van der Waals surface area contributed by atoms with Gasteiger partial charge in [-0.2, -0.15) is 0 Å². The van der Waals surface area contributed by atoms with E-state index in [0.717, 1.165) is 12.1 Å². The number of hydrogen-bond donors (Lipinski definition) is 3. The van der Waals surface area contributed by atoms with Gasteiger partial charge in [-0.3, -0.25) is 4.79 Å². The van der Waals surface area contributed by atoms with Crippen LogP contribution in [0.1, 0.15) is 46.5 Å². The van der Waals surface area contributed by atoms with Crippen molar-refractivity contribution in [3.63, 3.8) is 0 Å². The van der Waals surface area contributed by atoms with Gasteiger partial charge in [-0.05, 0) is 72.5 Å². The number of carbonyl (C=O) groups is 2. The van der Waals surface area contributed by atoms with Crippen LogP contribution in [-0.2, 0) is 16.7 Å². The normalized spacial score (nSPS) is 11.0. The molecule has 42 heavy (non-hydrogen) atoms. The van der Waals surface area contributed by atoms with E-state index in [4.69, 9.17) is 25.1 Å². The Morgan fingerprint density at radius 3 is 2.26 bits per heavy atom. The van der Waals surface area contributed by atoms with Crippen molar-refractivity contribution < 1.29 is 33.3 Å². The van der Waals surface area contributed by atoms with E-state index in [0.29, 0.717) is 47.7 Å². The number of amides is 1. The van der Waals surface area contributed by atoms with E-state index in [1.165, 1.54) is 23.9 Å². The number of ether oxygens (including phenoxy) is 3. The van der Waals surface area contributed by atoms with Crippen LogP contribution in [0.4, 0.5) is 10.1 Å². The first kappa shape index (κ1) is 32.1. The topological polar surface area (TPSA) is 125 Å². The number of nitrogens with zero attached hydrogens (tertiary/aromatic N) is 1. The molecule has 0 radical (unpaired) electrons. The number of aromatic nitrogens is 1. The summed E-state index contributed by atoms with van der Waals surface area (Å²) in [5, 5.41) is 12.4. The molecular formula is C32H38FN3O6. The third-order valence-corrected chi connectivity index (χ3v) is 6.95. The number of aromatic carboxylic acids is 1. The van der Waals surface area contributed by atoms with Crippen LogP contribution >= 0.6 is 0 Å². The van der Waals surface area contributed by atoms with E-state index >= 15 is 0 Å². The Labute approximate surface area is 245 Å². The quantitative estimate of drug-likeness (QED) is 0.208. The Bertz CT molecular complexity index is 1510. The van der Waals surface area contributed by atoms with Crippen molar-refractivity contribution in [2.45, 2.75) is 32.2 Å². The summed E-state index contributed by atoms with van der Waals surface area (Å²) in [7, 11) is 4.68. The summed E-state index contributed by atoms with van der Waals surface area (Å²) in [6.07, 6.45) is 2.41. The second-order valence-corrected chi connectivity index (χ2v) is 10.2. The number of rotatable bonds is 11. The van der Waals surface area contributed by atoms with Crippen LogP contribution in [0.15, 0.2) is 66.9 Å². The van der Waals surface area contributed by atoms with Crippen molar-refractivity contribution in [2.24, 2.45) is 5.73 Å². The van der Waals surface area contributed by atoms with Gasteiger partial charge in [0.1, 0.15) is 5.82 Å². The van der Waals surface area contributed by atoms with Gasteiger partial charge in [0.2, 0.25) is 0 Å². The third kappa shape index (κ3) is 7.86. The lowest BCUT2D eigenvalue weighted by atomic mass is 9.81.